The normalized spacial score (nSPS) is 19.8. The number of barbiturate groups is 1. The molecular formula is C20H17ClN2O4. The molecule has 2 aliphatic rings. The first-order chi connectivity index (χ1) is 13.0. The van der Waals surface area contributed by atoms with Crippen LogP contribution in [-0.2, 0) is 9.59 Å². The van der Waals surface area contributed by atoms with Crippen LogP contribution in [-0.4, -0.2) is 28.8 Å². The van der Waals surface area contributed by atoms with E-state index in [9.17, 15) is 14.4 Å². The molecule has 1 saturated carbocycles. The molecule has 138 valence electrons. The molecule has 0 spiro atoms. The van der Waals surface area contributed by atoms with Crippen molar-refractivity contribution >= 4 is 35.5 Å². The molecule has 1 aromatic heterocycles. The first-order valence-corrected chi connectivity index (χ1v) is 9.17. The highest BCUT2D eigenvalue weighted by Crippen LogP contribution is 2.28. The topological polar surface area (TPSA) is 79.6 Å². The predicted octanol–water partition coefficient (Wildman–Crippen LogP) is 4.00. The van der Waals surface area contributed by atoms with E-state index in [1.165, 1.54) is 11.0 Å². The van der Waals surface area contributed by atoms with Gasteiger partial charge in [-0.25, -0.2) is 4.79 Å². The zero-order chi connectivity index (χ0) is 19.0. The van der Waals surface area contributed by atoms with E-state index < -0.39 is 17.8 Å². The number of imide groups is 2. The van der Waals surface area contributed by atoms with Gasteiger partial charge >= 0.3 is 6.03 Å². The van der Waals surface area contributed by atoms with Crippen LogP contribution in [0.5, 0.6) is 0 Å². The molecule has 1 aliphatic carbocycles. The highest BCUT2D eigenvalue weighted by molar-refractivity contribution is 6.31. The number of urea groups is 1. The van der Waals surface area contributed by atoms with Gasteiger partial charge < -0.3 is 4.42 Å². The fourth-order valence-electron chi connectivity index (χ4n) is 3.51. The highest BCUT2D eigenvalue weighted by atomic mass is 35.5. The molecule has 0 atom stereocenters. The number of carbonyl (C=O) groups excluding carboxylic acids is 3. The van der Waals surface area contributed by atoms with Gasteiger partial charge in [0.25, 0.3) is 11.8 Å². The van der Waals surface area contributed by atoms with E-state index in [0.29, 0.717) is 16.5 Å². The van der Waals surface area contributed by atoms with E-state index in [1.807, 2.05) is 12.1 Å². The molecule has 1 N–H and O–H groups in total. The molecule has 2 aromatic rings. The smallest absolute Gasteiger partial charge is 0.331 e. The second kappa shape index (κ2) is 7.04. The Morgan fingerprint density at radius 3 is 2.44 bits per heavy atom. The van der Waals surface area contributed by atoms with Crippen molar-refractivity contribution in [2.24, 2.45) is 0 Å². The average molecular weight is 385 g/mol. The quantitative estimate of drug-likeness (QED) is 0.640. The summed E-state index contributed by atoms with van der Waals surface area (Å²) in [7, 11) is 0. The van der Waals surface area contributed by atoms with E-state index in [0.717, 1.165) is 31.2 Å². The summed E-state index contributed by atoms with van der Waals surface area (Å²) in [6.45, 7) is 0. The van der Waals surface area contributed by atoms with E-state index in [1.54, 1.807) is 24.3 Å². The maximum absolute atomic E-state index is 12.8. The summed E-state index contributed by atoms with van der Waals surface area (Å²) in [6, 6.07) is 9.76. The third-order valence-corrected chi connectivity index (χ3v) is 5.12. The summed E-state index contributed by atoms with van der Waals surface area (Å²) in [4.78, 5) is 38.3. The number of hydrogen-bond donors (Lipinski definition) is 1. The second-order valence-corrected chi connectivity index (χ2v) is 7.08. The van der Waals surface area contributed by atoms with Crippen LogP contribution in [0, 0.1) is 0 Å². The molecule has 2 fully saturated rings. The minimum absolute atomic E-state index is 0.0986. The summed E-state index contributed by atoms with van der Waals surface area (Å²) in [6.07, 6.45) is 4.85. The number of nitrogens with zero attached hydrogens (tertiary/aromatic N) is 1. The van der Waals surface area contributed by atoms with Crippen molar-refractivity contribution < 1.29 is 18.8 Å². The SMILES string of the molecule is O=C1NC(=O)N(C2CCCC2)C(=O)/C1=C\c1ccc(-c2ccc(Cl)cc2)o1. The monoisotopic (exact) mass is 384 g/mol. The number of nitrogens with one attached hydrogen (secondary N) is 1. The molecular weight excluding hydrogens is 368 g/mol. The maximum Gasteiger partial charge on any atom is 0.331 e. The lowest BCUT2D eigenvalue weighted by molar-refractivity contribution is -0.131. The van der Waals surface area contributed by atoms with Crippen LogP contribution >= 0.6 is 11.6 Å². The zero-order valence-electron chi connectivity index (χ0n) is 14.4. The van der Waals surface area contributed by atoms with E-state index in [2.05, 4.69) is 5.32 Å². The van der Waals surface area contributed by atoms with Crippen LogP contribution in [0.15, 0.2) is 46.4 Å². The minimum Gasteiger partial charge on any atom is -0.457 e. The number of amides is 4. The van der Waals surface area contributed by atoms with Gasteiger partial charge in [0.1, 0.15) is 17.1 Å². The molecule has 2 heterocycles. The molecule has 1 aliphatic heterocycles. The molecule has 0 bridgehead atoms. The van der Waals surface area contributed by atoms with Crippen molar-refractivity contribution in [1.29, 1.82) is 0 Å². The first-order valence-electron chi connectivity index (χ1n) is 8.79. The van der Waals surface area contributed by atoms with Crippen LogP contribution in [0.1, 0.15) is 31.4 Å². The maximum atomic E-state index is 12.8. The van der Waals surface area contributed by atoms with Gasteiger partial charge in [-0.1, -0.05) is 24.4 Å². The van der Waals surface area contributed by atoms with Crippen molar-refractivity contribution in [3.63, 3.8) is 0 Å². The lowest BCUT2D eigenvalue weighted by Crippen LogP contribution is -2.57. The summed E-state index contributed by atoms with van der Waals surface area (Å²) >= 11 is 5.89. The zero-order valence-corrected chi connectivity index (χ0v) is 15.2. The number of carbonyl (C=O) groups is 3. The summed E-state index contributed by atoms with van der Waals surface area (Å²) in [5.74, 6) is -0.325. The van der Waals surface area contributed by atoms with Crippen LogP contribution < -0.4 is 5.32 Å². The molecule has 27 heavy (non-hydrogen) atoms. The fourth-order valence-corrected chi connectivity index (χ4v) is 3.63. The molecule has 4 amide bonds. The summed E-state index contributed by atoms with van der Waals surface area (Å²) in [5.41, 5.74) is 0.727. The second-order valence-electron chi connectivity index (χ2n) is 6.64. The molecule has 6 nitrogen and oxygen atoms in total. The van der Waals surface area contributed by atoms with Gasteiger partial charge in [0.15, 0.2) is 0 Å². The van der Waals surface area contributed by atoms with Crippen LogP contribution in [0.2, 0.25) is 5.02 Å². The van der Waals surface area contributed by atoms with Crippen molar-refractivity contribution in [2.75, 3.05) is 0 Å². The first kappa shape index (κ1) is 17.5. The van der Waals surface area contributed by atoms with Gasteiger partial charge in [0, 0.05) is 16.6 Å². The Kier molecular flexibility index (Phi) is 4.58. The third-order valence-electron chi connectivity index (χ3n) is 4.87. The Hall–Kier alpha value is -2.86. The Labute approximate surface area is 160 Å². The van der Waals surface area contributed by atoms with Gasteiger partial charge in [-0.3, -0.25) is 19.8 Å². The third kappa shape index (κ3) is 3.40. The summed E-state index contributed by atoms with van der Waals surface area (Å²) in [5, 5.41) is 2.87. The Balaban J connectivity index is 1.62. The van der Waals surface area contributed by atoms with E-state index in [-0.39, 0.29) is 11.6 Å². The van der Waals surface area contributed by atoms with Crippen molar-refractivity contribution in [2.45, 2.75) is 31.7 Å². The van der Waals surface area contributed by atoms with Crippen molar-refractivity contribution in [3.8, 4) is 11.3 Å². The lowest BCUT2D eigenvalue weighted by Gasteiger charge is -2.30. The fraction of sp³-hybridized carbons (Fsp3) is 0.250. The van der Waals surface area contributed by atoms with E-state index in [4.69, 9.17) is 16.0 Å². The number of rotatable bonds is 3. The van der Waals surface area contributed by atoms with Gasteiger partial charge in [0.05, 0.1) is 0 Å². The minimum atomic E-state index is -0.705. The Morgan fingerprint density at radius 2 is 1.74 bits per heavy atom. The largest absolute Gasteiger partial charge is 0.457 e. The standard InChI is InChI=1S/C20H17ClN2O4/c21-13-7-5-12(6-8-13)17-10-9-15(27-17)11-16-18(24)22-20(26)23(19(16)25)14-3-1-2-4-14/h5-11,14H,1-4H2,(H,22,24,26)/b16-11-. The molecule has 7 heteroatoms. The average Bonchev–Trinajstić information content (AvgIpc) is 3.31. The Morgan fingerprint density at radius 1 is 1.04 bits per heavy atom. The Bertz CT molecular complexity index is 939. The molecule has 4 rings (SSSR count). The van der Waals surface area contributed by atoms with Crippen LogP contribution in [0.25, 0.3) is 17.4 Å². The van der Waals surface area contributed by atoms with Gasteiger partial charge in [-0.2, -0.15) is 0 Å². The number of furan rings is 1. The predicted molar refractivity (Wildman–Crippen MR) is 99.8 cm³/mol. The lowest BCUT2D eigenvalue weighted by atomic mass is 10.1. The molecule has 1 saturated heterocycles. The highest BCUT2D eigenvalue weighted by Gasteiger charge is 2.40. The van der Waals surface area contributed by atoms with Crippen LogP contribution in [0.4, 0.5) is 4.79 Å². The molecule has 0 unspecified atom stereocenters. The van der Waals surface area contributed by atoms with E-state index >= 15 is 0 Å². The van der Waals surface area contributed by atoms with Crippen LogP contribution in [0.3, 0.4) is 0 Å². The number of benzene rings is 1. The van der Waals surface area contributed by atoms with Gasteiger partial charge in [-0.15, -0.1) is 0 Å². The van der Waals surface area contributed by atoms with Crippen molar-refractivity contribution in [3.05, 3.63) is 52.8 Å². The number of hydrogen-bond acceptors (Lipinski definition) is 4. The molecule has 0 radical (unpaired) electrons. The van der Waals surface area contributed by atoms with Gasteiger partial charge in [-0.05, 0) is 55.3 Å². The number of halogens is 1. The van der Waals surface area contributed by atoms with Gasteiger partial charge in [0.2, 0.25) is 0 Å². The molecule has 1 aromatic carbocycles. The summed E-state index contributed by atoms with van der Waals surface area (Å²) < 4.78 is 5.74. The van der Waals surface area contributed by atoms with Crippen molar-refractivity contribution in [1.82, 2.24) is 10.2 Å².